The number of hydrogen-bond donors (Lipinski definition) is 1. The molecule has 0 aromatic heterocycles. The predicted octanol–water partition coefficient (Wildman–Crippen LogP) is 4.25. The number of fused-ring (bicyclic) bond motifs is 1. The van der Waals surface area contributed by atoms with Crippen molar-refractivity contribution in [2.75, 3.05) is 25.1 Å². The third-order valence-corrected chi connectivity index (χ3v) is 7.37. The SMILES string of the molecule is CC1CCC(Oc2cc(NC(=O)C3=C(C(=O)N4CCO4)C4OCCC4CC3)c(F)cc2Cl)C1. The van der Waals surface area contributed by atoms with E-state index < -0.39 is 17.8 Å². The monoisotopic (exact) mass is 478 g/mol. The van der Waals surface area contributed by atoms with Crippen molar-refractivity contribution in [1.82, 2.24) is 5.06 Å². The Hall–Kier alpha value is -2.16. The molecular formula is C24H28ClFN2O5. The summed E-state index contributed by atoms with van der Waals surface area (Å²) in [6, 6.07) is 2.58. The number of amides is 2. The van der Waals surface area contributed by atoms with Crippen LogP contribution in [0.25, 0.3) is 0 Å². The van der Waals surface area contributed by atoms with Crippen LogP contribution in [-0.4, -0.2) is 48.8 Å². The smallest absolute Gasteiger partial charge is 0.276 e. The number of benzene rings is 1. The standard InChI is InChI=1S/C24H28ClFN2O5/c1-13-2-4-15(10-13)33-20-12-19(18(26)11-17(20)25)27-23(29)16-5-3-14-6-8-31-22(14)21(16)24(30)28-7-9-32-28/h11-15,22H,2-10H2,1H3,(H,27,29). The highest BCUT2D eigenvalue weighted by Gasteiger charge is 2.43. The molecule has 2 aliphatic carbocycles. The molecule has 9 heteroatoms. The summed E-state index contributed by atoms with van der Waals surface area (Å²) < 4.78 is 26.5. The maximum Gasteiger partial charge on any atom is 0.276 e. The Labute approximate surface area is 197 Å². The summed E-state index contributed by atoms with van der Waals surface area (Å²) in [6.07, 6.45) is 4.49. The lowest BCUT2D eigenvalue weighted by Crippen LogP contribution is -2.48. The summed E-state index contributed by atoms with van der Waals surface area (Å²) >= 11 is 6.22. The van der Waals surface area contributed by atoms with Gasteiger partial charge in [-0.05, 0) is 56.4 Å². The van der Waals surface area contributed by atoms with Crippen LogP contribution >= 0.6 is 11.6 Å². The van der Waals surface area contributed by atoms with Crippen molar-refractivity contribution >= 4 is 29.1 Å². The number of nitrogens with zero attached hydrogens (tertiary/aromatic N) is 1. The molecule has 3 fully saturated rings. The van der Waals surface area contributed by atoms with E-state index in [0.717, 1.165) is 38.2 Å². The van der Waals surface area contributed by atoms with Gasteiger partial charge in [0.05, 0.1) is 41.6 Å². The zero-order chi connectivity index (χ0) is 23.1. The highest BCUT2D eigenvalue weighted by atomic mass is 35.5. The molecule has 178 valence electrons. The fourth-order valence-electron chi connectivity index (χ4n) is 5.20. The van der Waals surface area contributed by atoms with Gasteiger partial charge in [-0.3, -0.25) is 14.4 Å². The number of hydrogen-bond acceptors (Lipinski definition) is 5. The lowest BCUT2D eigenvalue weighted by molar-refractivity contribution is -0.236. The van der Waals surface area contributed by atoms with Crippen LogP contribution in [-0.2, 0) is 19.2 Å². The van der Waals surface area contributed by atoms with E-state index in [9.17, 15) is 14.0 Å². The molecule has 0 spiro atoms. The van der Waals surface area contributed by atoms with E-state index in [0.29, 0.717) is 49.0 Å². The Kier molecular flexibility index (Phi) is 6.33. The van der Waals surface area contributed by atoms with E-state index in [1.54, 1.807) is 0 Å². The number of anilines is 1. The van der Waals surface area contributed by atoms with Crippen LogP contribution in [0, 0.1) is 17.7 Å². The van der Waals surface area contributed by atoms with Gasteiger partial charge < -0.3 is 14.8 Å². The Morgan fingerprint density at radius 1 is 1.21 bits per heavy atom. The maximum absolute atomic E-state index is 14.7. The number of ether oxygens (including phenoxy) is 2. The quantitative estimate of drug-likeness (QED) is 0.684. The number of carbonyl (C=O) groups is 2. The second-order valence-electron chi connectivity index (χ2n) is 9.39. The second kappa shape index (κ2) is 9.24. The van der Waals surface area contributed by atoms with E-state index in [4.69, 9.17) is 25.9 Å². The lowest BCUT2D eigenvalue weighted by atomic mass is 9.80. The van der Waals surface area contributed by atoms with Gasteiger partial charge in [-0.25, -0.2) is 9.45 Å². The lowest BCUT2D eigenvalue weighted by Gasteiger charge is -2.35. The zero-order valence-electron chi connectivity index (χ0n) is 18.6. The molecule has 1 N–H and O–H groups in total. The van der Waals surface area contributed by atoms with Crippen molar-refractivity contribution in [3.05, 3.63) is 34.1 Å². The van der Waals surface area contributed by atoms with Gasteiger partial charge in [0.25, 0.3) is 11.8 Å². The number of halogens is 2. The first-order valence-electron chi connectivity index (χ1n) is 11.7. The minimum absolute atomic E-state index is 0.0183. The molecule has 1 saturated carbocycles. The zero-order valence-corrected chi connectivity index (χ0v) is 19.3. The molecule has 2 amide bonds. The number of carbonyl (C=O) groups excluding carboxylic acids is 2. The van der Waals surface area contributed by atoms with Crippen molar-refractivity contribution in [3.8, 4) is 5.75 Å². The molecule has 4 unspecified atom stereocenters. The van der Waals surface area contributed by atoms with Crippen LogP contribution in [0.2, 0.25) is 5.02 Å². The van der Waals surface area contributed by atoms with Crippen LogP contribution in [0.4, 0.5) is 10.1 Å². The van der Waals surface area contributed by atoms with Gasteiger partial charge >= 0.3 is 0 Å². The fourth-order valence-corrected chi connectivity index (χ4v) is 5.40. The summed E-state index contributed by atoms with van der Waals surface area (Å²) in [5.41, 5.74) is 0.617. The summed E-state index contributed by atoms with van der Waals surface area (Å²) in [5.74, 6) is -0.420. The first kappa shape index (κ1) is 22.6. The molecule has 4 atom stereocenters. The molecule has 1 aromatic carbocycles. The highest BCUT2D eigenvalue weighted by molar-refractivity contribution is 6.32. The summed E-state index contributed by atoms with van der Waals surface area (Å²) in [5, 5.41) is 4.06. The predicted molar refractivity (Wildman–Crippen MR) is 119 cm³/mol. The Balaban J connectivity index is 1.40. The van der Waals surface area contributed by atoms with Crippen molar-refractivity contribution in [2.45, 2.75) is 57.7 Å². The van der Waals surface area contributed by atoms with Crippen LogP contribution < -0.4 is 10.1 Å². The van der Waals surface area contributed by atoms with Crippen molar-refractivity contribution in [2.24, 2.45) is 11.8 Å². The normalized spacial score (nSPS) is 29.0. The Morgan fingerprint density at radius 3 is 2.73 bits per heavy atom. The van der Waals surface area contributed by atoms with Gasteiger partial charge in [0, 0.05) is 18.2 Å². The molecule has 7 nitrogen and oxygen atoms in total. The Bertz CT molecular complexity index is 995. The first-order valence-corrected chi connectivity index (χ1v) is 12.0. The average molecular weight is 479 g/mol. The third-order valence-electron chi connectivity index (χ3n) is 7.07. The van der Waals surface area contributed by atoms with Crippen molar-refractivity contribution in [1.29, 1.82) is 0 Å². The highest BCUT2D eigenvalue weighted by Crippen LogP contribution is 2.40. The third kappa shape index (κ3) is 4.48. The molecule has 0 bridgehead atoms. The molecule has 2 heterocycles. The molecule has 33 heavy (non-hydrogen) atoms. The average Bonchev–Trinajstić information content (AvgIpc) is 3.37. The van der Waals surface area contributed by atoms with Crippen molar-refractivity contribution in [3.63, 3.8) is 0 Å². The van der Waals surface area contributed by atoms with Crippen LogP contribution in [0.3, 0.4) is 0 Å². The maximum atomic E-state index is 14.7. The minimum atomic E-state index is -0.661. The van der Waals surface area contributed by atoms with Gasteiger partial charge in [0.15, 0.2) is 0 Å². The van der Waals surface area contributed by atoms with Gasteiger partial charge in [-0.1, -0.05) is 18.5 Å². The molecule has 5 rings (SSSR count). The van der Waals surface area contributed by atoms with Crippen LogP contribution in [0.1, 0.15) is 45.4 Å². The van der Waals surface area contributed by atoms with E-state index >= 15 is 0 Å². The molecule has 2 aliphatic heterocycles. The van der Waals surface area contributed by atoms with Crippen LogP contribution in [0.15, 0.2) is 23.3 Å². The molecule has 1 aromatic rings. The molecule has 2 saturated heterocycles. The van der Waals surface area contributed by atoms with Crippen LogP contribution in [0.5, 0.6) is 5.75 Å². The molecular weight excluding hydrogens is 451 g/mol. The minimum Gasteiger partial charge on any atom is -0.489 e. The summed E-state index contributed by atoms with van der Waals surface area (Å²) in [6.45, 7) is 3.66. The number of nitrogens with one attached hydrogen (secondary N) is 1. The molecule has 0 radical (unpaired) electrons. The van der Waals surface area contributed by atoms with E-state index in [-0.39, 0.29) is 28.6 Å². The van der Waals surface area contributed by atoms with Gasteiger partial charge in [0.1, 0.15) is 11.6 Å². The van der Waals surface area contributed by atoms with E-state index in [1.165, 1.54) is 11.1 Å². The van der Waals surface area contributed by atoms with E-state index in [1.807, 2.05) is 0 Å². The topological polar surface area (TPSA) is 77.1 Å². The summed E-state index contributed by atoms with van der Waals surface area (Å²) in [7, 11) is 0. The second-order valence-corrected chi connectivity index (χ2v) is 9.79. The van der Waals surface area contributed by atoms with Gasteiger partial charge in [-0.15, -0.1) is 0 Å². The van der Waals surface area contributed by atoms with Gasteiger partial charge in [0.2, 0.25) is 0 Å². The van der Waals surface area contributed by atoms with Gasteiger partial charge in [-0.2, -0.15) is 0 Å². The fraction of sp³-hybridized carbons (Fsp3) is 0.583. The van der Waals surface area contributed by atoms with E-state index in [2.05, 4.69) is 12.2 Å². The number of rotatable bonds is 5. The number of hydroxylamine groups is 2. The largest absolute Gasteiger partial charge is 0.489 e. The summed E-state index contributed by atoms with van der Waals surface area (Å²) in [4.78, 5) is 31.5. The first-order chi connectivity index (χ1) is 15.9. The molecule has 4 aliphatic rings. The van der Waals surface area contributed by atoms with Crippen molar-refractivity contribution < 1.29 is 28.3 Å². The Morgan fingerprint density at radius 2 is 2.03 bits per heavy atom.